The van der Waals surface area contributed by atoms with Crippen LogP contribution in [0.15, 0.2) is 53.6 Å². The fourth-order valence-electron chi connectivity index (χ4n) is 3.42. The Bertz CT molecular complexity index is 979. The Morgan fingerprint density at radius 2 is 2.03 bits per heavy atom. The van der Waals surface area contributed by atoms with Gasteiger partial charge < -0.3 is 15.0 Å². The van der Waals surface area contributed by atoms with Crippen molar-refractivity contribution >= 4 is 29.3 Å². The molecule has 0 unspecified atom stereocenters. The minimum atomic E-state index is -0.352. The molecule has 1 aliphatic rings. The van der Waals surface area contributed by atoms with Crippen LogP contribution in [0.5, 0.6) is 5.75 Å². The van der Waals surface area contributed by atoms with Crippen molar-refractivity contribution in [2.24, 2.45) is 5.10 Å². The molecule has 3 amide bonds. The van der Waals surface area contributed by atoms with Gasteiger partial charge in [-0.2, -0.15) is 5.10 Å². The quantitative estimate of drug-likeness (QED) is 0.702. The SMILES string of the molecule is CCCNC(=O)N(C)CC(=O)N1N=C(c2cccc(OC)c2)C[C@H]1c1ccccc1Cl. The van der Waals surface area contributed by atoms with Crippen molar-refractivity contribution in [3.8, 4) is 5.75 Å². The number of nitrogens with zero attached hydrogens (tertiary/aromatic N) is 3. The first kappa shape index (κ1) is 22.6. The van der Waals surface area contributed by atoms with Crippen LogP contribution in [0.4, 0.5) is 4.79 Å². The van der Waals surface area contributed by atoms with Gasteiger partial charge in [0.15, 0.2) is 0 Å². The van der Waals surface area contributed by atoms with Crippen molar-refractivity contribution in [2.75, 3.05) is 27.2 Å². The number of carbonyl (C=O) groups is 2. The summed E-state index contributed by atoms with van der Waals surface area (Å²) in [6, 6.07) is 14.4. The van der Waals surface area contributed by atoms with Crippen LogP contribution < -0.4 is 10.1 Å². The first-order valence-electron chi connectivity index (χ1n) is 10.2. The van der Waals surface area contributed by atoms with E-state index >= 15 is 0 Å². The van der Waals surface area contributed by atoms with Crippen molar-refractivity contribution < 1.29 is 14.3 Å². The Morgan fingerprint density at radius 3 is 2.74 bits per heavy atom. The van der Waals surface area contributed by atoms with Gasteiger partial charge in [-0.25, -0.2) is 9.80 Å². The molecule has 2 aromatic carbocycles. The smallest absolute Gasteiger partial charge is 0.317 e. The number of ether oxygens (including phenoxy) is 1. The summed E-state index contributed by atoms with van der Waals surface area (Å²) >= 11 is 6.45. The van der Waals surface area contributed by atoms with E-state index in [0.717, 1.165) is 23.3 Å². The number of hydrogen-bond acceptors (Lipinski definition) is 4. The van der Waals surface area contributed by atoms with E-state index in [1.807, 2.05) is 49.4 Å². The third-order valence-electron chi connectivity index (χ3n) is 5.08. The van der Waals surface area contributed by atoms with E-state index < -0.39 is 0 Å². The summed E-state index contributed by atoms with van der Waals surface area (Å²) in [6.45, 7) is 2.44. The van der Waals surface area contributed by atoms with E-state index in [1.54, 1.807) is 20.2 Å². The van der Waals surface area contributed by atoms with Crippen molar-refractivity contribution in [3.63, 3.8) is 0 Å². The van der Waals surface area contributed by atoms with E-state index in [4.69, 9.17) is 16.3 Å². The Balaban J connectivity index is 1.88. The predicted octanol–water partition coefficient (Wildman–Crippen LogP) is 4.08. The average Bonchev–Trinajstić information content (AvgIpc) is 3.23. The van der Waals surface area contributed by atoms with Crippen LogP contribution >= 0.6 is 11.6 Å². The Morgan fingerprint density at radius 1 is 1.26 bits per heavy atom. The average molecular weight is 443 g/mol. The molecule has 31 heavy (non-hydrogen) atoms. The maximum absolute atomic E-state index is 13.2. The van der Waals surface area contributed by atoms with Crippen molar-refractivity contribution in [3.05, 3.63) is 64.7 Å². The standard InChI is InChI=1S/C23H27ClN4O3/c1-4-12-25-23(30)27(2)15-22(29)28-21(18-10-5-6-11-19(18)24)14-20(26-28)16-8-7-9-17(13-16)31-3/h5-11,13,21H,4,12,14-15H2,1-3H3,(H,25,30)/t21-/m0/s1. The fraction of sp³-hybridized carbons (Fsp3) is 0.348. The van der Waals surface area contributed by atoms with Gasteiger partial charge in [-0.15, -0.1) is 0 Å². The molecule has 1 aliphatic heterocycles. The lowest BCUT2D eigenvalue weighted by Crippen LogP contribution is -2.43. The molecule has 0 aromatic heterocycles. The van der Waals surface area contributed by atoms with E-state index in [1.165, 1.54) is 9.91 Å². The van der Waals surface area contributed by atoms with E-state index in [0.29, 0.717) is 23.7 Å². The van der Waals surface area contributed by atoms with E-state index in [9.17, 15) is 9.59 Å². The van der Waals surface area contributed by atoms with Gasteiger partial charge in [-0.05, 0) is 30.2 Å². The molecule has 2 aromatic rings. The van der Waals surface area contributed by atoms with Gasteiger partial charge >= 0.3 is 6.03 Å². The van der Waals surface area contributed by atoms with E-state index in [-0.39, 0.29) is 24.5 Å². The lowest BCUT2D eigenvalue weighted by atomic mass is 9.98. The molecule has 3 rings (SSSR count). The van der Waals surface area contributed by atoms with Gasteiger partial charge in [-0.3, -0.25) is 4.79 Å². The molecule has 7 nitrogen and oxygen atoms in total. The van der Waals surface area contributed by atoms with Crippen LogP contribution in [0, 0.1) is 0 Å². The topological polar surface area (TPSA) is 74.2 Å². The number of halogens is 1. The lowest BCUT2D eigenvalue weighted by molar-refractivity contribution is -0.133. The monoisotopic (exact) mass is 442 g/mol. The highest BCUT2D eigenvalue weighted by Crippen LogP contribution is 2.36. The summed E-state index contributed by atoms with van der Waals surface area (Å²) < 4.78 is 5.32. The Kier molecular flexibility index (Phi) is 7.52. The largest absolute Gasteiger partial charge is 0.497 e. The molecule has 0 saturated heterocycles. The molecule has 0 radical (unpaired) electrons. The van der Waals surface area contributed by atoms with Crippen LogP contribution in [0.3, 0.4) is 0 Å². The van der Waals surface area contributed by atoms with Crippen LogP contribution in [-0.2, 0) is 4.79 Å². The predicted molar refractivity (Wildman–Crippen MR) is 122 cm³/mol. The van der Waals surface area contributed by atoms with Gasteiger partial charge in [0, 0.05) is 30.6 Å². The summed E-state index contributed by atoms with van der Waals surface area (Å²) in [6.07, 6.45) is 1.33. The van der Waals surface area contributed by atoms with Gasteiger partial charge in [-0.1, -0.05) is 48.9 Å². The number of methoxy groups -OCH3 is 1. The van der Waals surface area contributed by atoms with Crippen molar-refractivity contribution in [2.45, 2.75) is 25.8 Å². The lowest BCUT2D eigenvalue weighted by Gasteiger charge is -2.25. The maximum atomic E-state index is 13.2. The zero-order valence-corrected chi connectivity index (χ0v) is 18.7. The number of nitrogens with one attached hydrogen (secondary N) is 1. The third-order valence-corrected chi connectivity index (χ3v) is 5.42. The Hall–Kier alpha value is -3.06. The van der Waals surface area contributed by atoms with Crippen molar-refractivity contribution in [1.29, 1.82) is 0 Å². The molecular formula is C23H27ClN4O3. The number of hydrogen-bond donors (Lipinski definition) is 1. The van der Waals surface area contributed by atoms with Crippen LogP contribution in [-0.4, -0.2) is 54.8 Å². The molecule has 0 saturated carbocycles. The molecule has 1 N–H and O–H groups in total. The molecule has 0 aliphatic carbocycles. The highest BCUT2D eigenvalue weighted by Gasteiger charge is 2.35. The first-order chi connectivity index (χ1) is 14.9. The van der Waals surface area contributed by atoms with Gasteiger partial charge in [0.2, 0.25) is 0 Å². The first-order valence-corrected chi connectivity index (χ1v) is 10.6. The molecule has 1 atom stereocenters. The number of benzene rings is 2. The number of amides is 3. The molecule has 0 spiro atoms. The Labute approximate surface area is 187 Å². The highest BCUT2D eigenvalue weighted by atomic mass is 35.5. The zero-order chi connectivity index (χ0) is 22.4. The maximum Gasteiger partial charge on any atom is 0.317 e. The fourth-order valence-corrected chi connectivity index (χ4v) is 3.68. The molecular weight excluding hydrogens is 416 g/mol. The van der Waals surface area contributed by atoms with Gasteiger partial charge in [0.1, 0.15) is 12.3 Å². The number of rotatable bonds is 7. The van der Waals surface area contributed by atoms with Crippen LogP contribution in [0.25, 0.3) is 0 Å². The number of carbonyl (C=O) groups excluding carboxylic acids is 2. The molecule has 0 fully saturated rings. The summed E-state index contributed by atoms with van der Waals surface area (Å²) in [5.74, 6) is 0.434. The number of urea groups is 1. The third kappa shape index (κ3) is 5.35. The second-order valence-corrected chi connectivity index (χ2v) is 7.75. The van der Waals surface area contributed by atoms with Crippen LogP contribution in [0.2, 0.25) is 5.02 Å². The highest BCUT2D eigenvalue weighted by molar-refractivity contribution is 6.31. The van der Waals surface area contributed by atoms with Crippen molar-refractivity contribution in [1.82, 2.24) is 15.2 Å². The normalized spacial score (nSPS) is 15.4. The molecule has 164 valence electrons. The second-order valence-electron chi connectivity index (χ2n) is 7.35. The molecule has 1 heterocycles. The van der Waals surface area contributed by atoms with Gasteiger partial charge in [0.05, 0.1) is 18.9 Å². The molecule has 0 bridgehead atoms. The van der Waals surface area contributed by atoms with Gasteiger partial charge in [0.25, 0.3) is 5.91 Å². The summed E-state index contributed by atoms with van der Waals surface area (Å²) in [5.41, 5.74) is 2.45. The summed E-state index contributed by atoms with van der Waals surface area (Å²) in [4.78, 5) is 26.7. The summed E-state index contributed by atoms with van der Waals surface area (Å²) in [7, 11) is 3.20. The second kappa shape index (κ2) is 10.3. The zero-order valence-electron chi connectivity index (χ0n) is 18.0. The van der Waals surface area contributed by atoms with Crippen LogP contribution in [0.1, 0.15) is 36.9 Å². The minimum absolute atomic E-state index is 0.0919. The summed E-state index contributed by atoms with van der Waals surface area (Å²) in [5, 5.41) is 9.42. The number of hydrazone groups is 1. The molecule has 8 heteroatoms. The number of likely N-dealkylation sites (N-methyl/N-ethyl adjacent to an activating group) is 1. The van der Waals surface area contributed by atoms with E-state index in [2.05, 4.69) is 10.4 Å². The minimum Gasteiger partial charge on any atom is -0.497 e.